The number of halogens is 1. The number of anilines is 1. The van der Waals surface area contributed by atoms with Gasteiger partial charge >= 0.3 is 11.8 Å². The van der Waals surface area contributed by atoms with Crippen LogP contribution in [0.5, 0.6) is 0 Å². The van der Waals surface area contributed by atoms with Crippen molar-refractivity contribution in [1.29, 1.82) is 0 Å². The van der Waals surface area contributed by atoms with Crippen molar-refractivity contribution in [1.82, 2.24) is 5.32 Å². The van der Waals surface area contributed by atoms with Crippen molar-refractivity contribution in [3.8, 4) is 0 Å². The molecule has 1 aromatic carbocycles. The van der Waals surface area contributed by atoms with E-state index in [0.717, 1.165) is 23.9 Å². The molecule has 0 aromatic heterocycles. The molecule has 0 fully saturated rings. The first-order valence-electron chi connectivity index (χ1n) is 7.06. The Kier molecular flexibility index (Phi) is 8.69. The zero-order valence-electron chi connectivity index (χ0n) is 12.2. The Morgan fingerprint density at radius 2 is 1.76 bits per heavy atom. The average Bonchev–Trinajstić information content (AvgIpc) is 2.48. The van der Waals surface area contributed by atoms with Crippen LogP contribution in [0.4, 0.5) is 5.69 Å². The summed E-state index contributed by atoms with van der Waals surface area (Å²) in [4.78, 5) is 23.2. The monoisotopic (exact) mass is 356 g/mol. The number of carbonyl (C=O) groups excluding carboxylic acids is 2. The zero-order valence-corrected chi connectivity index (χ0v) is 13.7. The first-order chi connectivity index (χ1) is 10.1. The number of amides is 2. The van der Waals surface area contributed by atoms with Gasteiger partial charge in [0, 0.05) is 29.9 Å². The summed E-state index contributed by atoms with van der Waals surface area (Å²) in [5.41, 5.74) is 0.584. The van der Waals surface area contributed by atoms with Crippen LogP contribution in [0.15, 0.2) is 28.7 Å². The minimum atomic E-state index is -0.663. The van der Waals surface area contributed by atoms with E-state index in [9.17, 15) is 9.59 Å². The second-order valence-electron chi connectivity index (χ2n) is 4.54. The van der Waals surface area contributed by atoms with Crippen LogP contribution in [0.3, 0.4) is 0 Å². The average molecular weight is 357 g/mol. The van der Waals surface area contributed by atoms with Crippen molar-refractivity contribution in [3.63, 3.8) is 0 Å². The lowest BCUT2D eigenvalue weighted by Gasteiger charge is -2.07. The van der Waals surface area contributed by atoms with Crippen LogP contribution >= 0.6 is 15.9 Å². The lowest BCUT2D eigenvalue weighted by atomic mass is 10.3. The number of unbranched alkanes of at least 4 members (excludes halogenated alkanes) is 1. The predicted octanol–water partition coefficient (Wildman–Crippen LogP) is 2.71. The Morgan fingerprint density at radius 1 is 1.10 bits per heavy atom. The maximum Gasteiger partial charge on any atom is 0.313 e. The van der Waals surface area contributed by atoms with Gasteiger partial charge in [-0.2, -0.15) is 0 Å². The van der Waals surface area contributed by atoms with Crippen LogP contribution in [0.2, 0.25) is 0 Å². The molecule has 0 aliphatic heterocycles. The van der Waals surface area contributed by atoms with Crippen LogP contribution in [-0.4, -0.2) is 31.6 Å². The lowest BCUT2D eigenvalue weighted by molar-refractivity contribution is -0.136. The molecule has 0 aliphatic carbocycles. The topological polar surface area (TPSA) is 67.4 Å². The standard InChI is InChI=1S/C15H21BrN2O3/c1-2-3-10-21-11-4-9-17-14(19)15(20)18-13-7-5-12(16)6-8-13/h5-8H,2-4,9-11H2,1H3,(H,17,19)(H,18,20). The third-order valence-electron chi connectivity index (χ3n) is 2.70. The first-order valence-corrected chi connectivity index (χ1v) is 7.85. The van der Waals surface area contributed by atoms with E-state index in [2.05, 4.69) is 33.5 Å². The number of rotatable bonds is 8. The molecule has 0 saturated heterocycles. The van der Waals surface area contributed by atoms with E-state index in [1.54, 1.807) is 24.3 Å². The van der Waals surface area contributed by atoms with Gasteiger partial charge in [0.15, 0.2) is 0 Å². The van der Waals surface area contributed by atoms with Crippen molar-refractivity contribution in [2.45, 2.75) is 26.2 Å². The van der Waals surface area contributed by atoms with Gasteiger partial charge in [-0.25, -0.2) is 0 Å². The summed E-state index contributed by atoms with van der Waals surface area (Å²) in [6.07, 6.45) is 2.84. The van der Waals surface area contributed by atoms with Crippen molar-refractivity contribution in [2.24, 2.45) is 0 Å². The van der Waals surface area contributed by atoms with Gasteiger partial charge in [-0.1, -0.05) is 29.3 Å². The van der Waals surface area contributed by atoms with Crippen molar-refractivity contribution in [3.05, 3.63) is 28.7 Å². The lowest BCUT2D eigenvalue weighted by Crippen LogP contribution is -2.36. The molecule has 21 heavy (non-hydrogen) atoms. The Hall–Kier alpha value is -1.40. The molecule has 0 atom stereocenters. The molecule has 0 aliphatic rings. The van der Waals surface area contributed by atoms with Gasteiger partial charge in [0.25, 0.3) is 0 Å². The molecule has 0 radical (unpaired) electrons. The molecule has 0 spiro atoms. The fraction of sp³-hybridized carbons (Fsp3) is 0.467. The van der Waals surface area contributed by atoms with E-state index in [1.165, 1.54) is 0 Å². The first kappa shape index (κ1) is 17.7. The number of nitrogens with one attached hydrogen (secondary N) is 2. The Labute approximate surface area is 133 Å². The van der Waals surface area contributed by atoms with Crippen LogP contribution in [0.25, 0.3) is 0 Å². The van der Waals surface area contributed by atoms with Gasteiger partial charge in [0.1, 0.15) is 0 Å². The third kappa shape index (κ3) is 7.82. The molecule has 5 nitrogen and oxygen atoms in total. The quantitative estimate of drug-likeness (QED) is 0.555. The Balaban J connectivity index is 2.16. The normalized spacial score (nSPS) is 10.2. The van der Waals surface area contributed by atoms with Gasteiger partial charge in [0.2, 0.25) is 0 Å². The fourth-order valence-electron chi connectivity index (χ4n) is 1.53. The van der Waals surface area contributed by atoms with E-state index in [0.29, 0.717) is 25.3 Å². The van der Waals surface area contributed by atoms with Gasteiger partial charge in [-0.05, 0) is 37.1 Å². The largest absolute Gasteiger partial charge is 0.381 e. The molecule has 0 saturated carbocycles. The van der Waals surface area contributed by atoms with Crippen molar-refractivity contribution in [2.75, 3.05) is 25.1 Å². The van der Waals surface area contributed by atoms with Crippen LogP contribution in [-0.2, 0) is 14.3 Å². The maximum atomic E-state index is 11.6. The molecule has 116 valence electrons. The van der Waals surface area contributed by atoms with Crippen molar-refractivity contribution >= 4 is 33.4 Å². The van der Waals surface area contributed by atoms with Crippen LogP contribution in [0, 0.1) is 0 Å². The second-order valence-corrected chi connectivity index (χ2v) is 5.45. The highest BCUT2D eigenvalue weighted by Crippen LogP contribution is 2.13. The fourth-order valence-corrected chi connectivity index (χ4v) is 1.79. The molecule has 6 heteroatoms. The highest BCUT2D eigenvalue weighted by Gasteiger charge is 2.12. The van der Waals surface area contributed by atoms with E-state index >= 15 is 0 Å². The molecule has 1 aromatic rings. The van der Waals surface area contributed by atoms with E-state index in [1.807, 2.05) is 0 Å². The molecule has 2 amide bonds. The van der Waals surface area contributed by atoms with Gasteiger partial charge in [0.05, 0.1) is 0 Å². The number of carbonyl (C=O) groups is 2. The number of ether oxygens (including phenoxy) is 1. The summed E-state index contributed by atoms with van der Waals surface area (Å²) < 4.78 is 6.28. The summed E-state index contributed by atoms with van der Waals surface area (Å²) in [6.45, 7) is 3.87. The predicted molar refractivity (Wildman–Crippen MR) is 86.1 cm³/mol. The number of benzene rings is 1. The summed E-state index contributed by atoms with van der Waals surface area (Å²) in [5.74, 6) is -1.30. The number of hydrogen-bond donors (Lipinski definition) is 2. The summed E-state index contributed by atoms with van der Waals surface area (Å²) in [7, 11) is 0. The Bertz CT molecular complexity index is 449. The zero-order chi connectivity index (χ0) is 15.5. The molecular weight excluding hydrogens is 336 g/mol. The second kappa shape index (κ2) is 10.3. The minimum absolute atomic E-state index is 0.429. The van der Waals surface area contributed by atoms with Gasteiger partial charge < -0.3 is 15.4 Å². The van der Waals surface area contributed by atoms with Crippen LogP contribution < -0.4 is 10.6 Å². The summed E-state index contributed by atoms with van der Waals surface area (Å²) >= 11 is 3.30. The highest BCUT2D eigenvalue weighted by atomic mass is 79.9. The smallest absolute Gasteiger partial charge is 0.313 e. The SMILES string of the molecule is CCCCOCCCNC(=O)C(=O)Nc1ccc(Br)cc1. The molecular formula is C15H21BrN2O3. The van der Waals surface area contributed by atoms with E-state index < -0.39 is 11.8 Å². The van der Waals surface area contributed by atoms with Crippen LogP contribution in [0.1, 0.15) is 26.2 Å². The Morgan fingerprint density at radius 3 is 2.43 bits per heavy atom. The van der Waals surface area contributed by atoms with E-state index in [-0.39, 0.29) is 0 Å². The minimum Gasteiger partial charge on any atom is -0.381 e. The number of hydrogen-bond acceptors (Lipinski definition) is 3. The third-order valence-corrected chi connectivity index (χ3v) is 3.23. The molecule has 0 unspecified atom stereocenters. The molecule has 2 N–H and O–H groups in total. The maximum absolute atomic E-state index is 11.6. The highest BCUT2D eigenvalue weighted by molar-refractivity contribution is 9.10. The summed E-state index contributed by atoms with van der Waals surface area (Å²) in [5, 5.41) is 5.10. The molecule has 0 heterocycles. The molecule has 0 bridgehead atoms. The molecule has 1 rings (SSSR count). The van der Waals surface area contributed by atoms with Crippen molar-refractivity contribution < 1.29 is 14.3 Å². The summed E-state index contributed by atoms with van der Waals surface area (Å²) in [6, 6.07) is 7.02. The van der Waals surface area contributed by atoms with Gasteiger partial charge in [-0.15, -0.1) is 0 Å². The van der Waals surface area contributed by atoms with E-state index in [4.69, 9.17) is 4.74 Å². The van der Waals surface area contributed by atoms with Gasteiger partial charge in [-0.3, -0.25) is 9.59 Å².